The number of carbonyl (C=O) groups excluding carboxylic acids is 1. The van der Waals surface area contributed by atoms with Gasteiger partial charge in [-0.3, -0.25) is 19.5 Å². The van der Waals surface area contributed by atoms with Crippen LogP contribution in [0, 0.1) is 10.1 Å². The van der Waals surface area contributed by atoms with Gasteiger partial charge in [-0.05, 0) is 42.3 Å². The molecule has 1 aromatic heterocycles. The number of phenols is 1. The Morgan fingerprint density at radius 1 is 1.22 bits per heavy atom. The smallest absolute Gasteiger partial charge is 0.338 e. The predicted octanol–water partition coefficient (Wildman–Crippen LogP) is 3.67. The summed E-state index contributed by atoms with van der Waals surface area (Å²) in [7, 11) is 0. The summed E-state index contributed by atoms with van der Waals surface area (Å²) in [5, 5.41) is 23.6. The maximum absolute atomic E-state index is 13.5. The second kappa shape index (κ2) is 9.47. The third-order valence-corrected chi connectivity index (χ3v) is 7.14. The first-order valence-corrected chi connectivity index (χ1v) is 12.3. The van der Waals surface area contributed by atoms with Gasteiger partial charge in [-0.1, -0.05) is 53.8 Å². The number of aromatic hydroxyl groups is 1. The van der Waals surface area contributed by atoms with Gasteiger partial charge in [-0.15, -0.1) is 0 Å². The average molecular weight is 516 g/mol. The molecule has 3 aromatic carbocycles. The molecule has 0 saturated carbocycles. The Kier molecular flexibility index (Phi) is 6.18. The lowest BCUT2D eigenvalue weighted by Crippen LogP contribution is -2.35. The van der Waals surface area contributed by atoms with Crippen molar-refractivity contribution in [3.8, 4) is 5.75 Å². The summed E-state index contributed by atoms with van der Waals surface area (Å²) >= 11 is 1.11. The van der Waals surface area contributed by atoms with Crippen molar-refractivity contribution in [2.75, 3.05) is 6.61 Å². The van der Waals surface area contributed by atoms with Crippen molar-refractivity contribution < 1.29 is 19.6 Å². The van der Waals surface area contributed by atoms with Crippen molar-refractivity contribution >= 4 is 45.5 Å². The van der Waals surface area contributed by atoms with E-state index in [0.29, 0.717) is 26.2 Å². The lowest BCUT2D eigenvalue weighted by Gasteiger charge is -2.22. The number of allylic oxidation sites excluding steroid dienone is 1. The molecule has 0 bridgehead atoms. The molecule has 0 spiro atoms. The summed E-state index contributed by atoms with van der Waals surface area (Å²) in [5.41, 5.74) is 0.867. The lowest BCUT2D eigenvalue weighted by atomic mass is 9.96. The van der Waals surface area contributed by atoms with E-state index in [9.17, 15) is 24.8 Å². The first kappa shape index (κ1) is 24.1. The minimum atomic E-state index is -0.893. The van der Waals surface area contributed by atoms with Gasteiger partial charge in [0.1, 0.15) is 11.8 Å². The number of carbonyl (C=O) groups is 1. The zero-order valence-electron chi connectivity index (χ0n) is 19.9. The van der Waals surface area contributed by atoms with E-state index in [2.05, 4.69) is 4.99 Å². The van der Waals surface area contributed by atoms with Crippen molar-refractivity contribution in [3.63, 3.8) is 0 Å². The largest absolute Gasteiger partial charge is 0.507 e. The highest BCUT2D eigenvalue weighted by Crippen LogP contribution is 2.34. The number of nitro benzene ring substituents is 1. The second-order valence-electron chi connectivity index (χ2n) is 8.36. The fourth-order valence-electron chi connectivity index (χ4n) is 4.43. The molecular weight excluding hydrogens is 494 g/mol. The number of rotatable bonds is 5. The molecule has 0 fully saturated rings. The van der Waals surface area contributed by atoms with Crippen molar-refractivity contribution in [2.45, 2.75) is 19.9 Å². The van der Waals surface area contributed by atoms with Crippen molar-refractivity contribution in [2.24, 2.45) is 4.99 Å². The van der Waals surface area contributed by atoms with E-state index in [1.807, 2.05) is 24.3 Å². The van der Waals surface area contributed by atoms with Crippen LogP contribution in [-0.2, 0) is 9.53 Å². The van der Waals surface area contributed by atoms with E-state index in [1.165, 1.54) is 22.8 Å². The van der Waals surface area contributed by atoms with Crippen molar-refractivity contribution in [3.05, 3.63) is 107 Å². The molecule has 0 amide bonds. The maximum atomic E-state index is 13.5. The molecule has 1 atom stereocenters. The zero-order chi connectivity index (χ0) is 26.3. The zero-order valence-corrected chi connectivity index (χ0v) is 20.7. The number of thiazole rings is 1. The lowest BCUT2D eigenvalue weighted by molar-refractivity contribution is -0.384. The van der Waals surface area contributed by atoms with Crippen LogP contribution < -0.4 is 14.9 Å². The number of nitrogens with zero attached hydrogens (tertiary/aromatic N) is 3. The highest BCUT2D eigenvalue weighted by Gasteiger charge is 2.32. The highest BCUT2D eigenvalue weighted by molar-refractivity contribution is 7.07. The Morgan fingerprint density at radius 2 is 2.00 bits per heavy atom. The number of hydrogen-bond donors (Lipinski definition) is 1. The second-order valence-corrected chi connectivity index (χ2v) is 9.37. The number of fused-ring (bicyclic) bond motifs is 2. The topological polar surface area (TPSA) is 124 Å². The Hall–Kier alpha value is -4.57. The van der Waals surface area contributed by atoms with Crippen LogP contribution in [-0.4, -0.2) is 27.2 Å². The van der Waals surface area contributed by atoms with Crippen molar-refractivity contribution in [1.82, 2.24) is 4.57 Å². The number of aromatic nitrogens is 1. The fourth-order valence-corrected chi connectivity index (χ4v) is 5.46. The Bertz CT molecular complexity index is 1800. The summed E-state index contributed by atoms with van der Waals surface area (Å²) in [5.74, 6) is -0.624. The predicted molar refractivity (Wildman–Crippen MR) is 140 cm³/mol. The molecule has 0 radical (unpaired) electrons. The fraction of sp³-hybridized carbons (Fsp3) is 0.148. The minimum Gasteiger partial charge on any atom is -0.507 e. The van der Waals surface area contributed by atoms with Crippen LogP contribution in [0.25, 0.3) is 22.5 Å². The molecule has 37 heavy (non-hydrogen) atoms. The summed E-state index contributed by atoms with van der Waals surface area (Å²) in [6.07, 6.45) is 1.62. The molecule has 0 aliphatic carbocycles. The maximum Gasteiger partial charge on any atom is 0.338 e. The molecule has 1 aliphatic rings. The SMILES string of the molecule is CCOC(=O)C1=C(C)n2c(s/c(=C\c3c(O)ccc4ccccc34)c2=O)=N[C@H]1c1cccc([N+](=O)[O-])c1. The molecule has 5 rings (SSSR count). The van der Waals surface area contributed by atoms with Gasteiger partial charge in [0, 0.05) is 23.4 Å². The summed E-state index contributed by atoms with van der Waals surface area (Å²) < 4.78 is 6.92. The number of hydrogen-bond acceptors (Lipinski definition) is 8. The molecule has 0 saturated heterocycles. The molecule has 1 N–H and O–H groups in total. The van der Waals surface area contributed by atoms with Crippen LogP contribution in [0.4, 0.5) is 5.69 Å². The number of phenolic OH excluding ortho intramolecular Hbond substituents is 1. The van der Waals surface area contributed by atoms with Crippen LogP contribution in [0.1, 0.15) is 31.0 Å². The van der Waals surface area contributed by atoms with Crippen LogP contribution in [0.2, 0.25) is 0 Å². The molecule has 1 aliphatic heterocycles. The average Bonchev–Trinajstić information content (AvgIpc) is 3.20. The van der Waals surface area contributed by atoms with Crippen LogP contribution in [0.15, 0.2) is 76.0 Å². The Morgan fingerprint density at radius 3 is 2.76 bits per heavy atom. The normalized spacial score (nSPS) is 15.4. The molecule has 0 unspecified atom stereocenters. The van der Waals surface area contributed by atoms with E-state index >= 15 is 0 Å². The Labute approximate surface area is 214 Å². The first-order chi connectivity index (χ1) is 17.8. The van der Waals surface area contributed by atoms with Gasteiger partial charge in [0.15, 0.2) is 4.80 Å². The minimum absolute atomic E-state index is 0.0281. The van der Waals surface area contributed by atoms with Crippen LogP contribution in [0.5, 0.6) is 5.75 Å². The van der Waals surface area contributed by atoms with Gasteiger partial charge >= 0.3 is 5.97 Å². The van der Waals surface area contributed by atoms with Gasteiger partial charge in [-0.25, -0.2) is 9.79 Å². The summed E-state index contributed by atoms with van der Waals surface area (Å²) in [4.78, 5) is 42.4. The van der Waals surface area contributed by atoms with E-state index in [-0.39, 0.29) is 23.6 Å². The van der Waals surface area contributed by atoms with Gasteiger partial charge in [-0.2, -0.15) is 0 Å². The van der Waals surface area contributed by atoms with Gasteiger partial charge in [0.05, 0.1) is 21.6 Å². The molecule has 4 aromatic rings. The molecule has 186 valence electrons. The number of non-ortho nitro benzene ring substituents is 1. The van der Waals surface area contributed by atoms with Crippen LogP contribution in [0.3, 0.4) is 0 Å². The van der Waals surface area contributed by atoms with Gasteiger partial charge in [0.25, 0.3) is 11.2 Å². The van der Waals surface area contributed by atoms with E-state index in [0.717, 1.165) is 22.1 Å². The van der Waals surface area contributed by atoms with Gasteiger partial charge < -0.3 is 9.84 Å². The van der Waals surface area contributed by atoms with E-state index < -0.39 is 22.5 Å². The molecule has 10 heteroatoms. The number of ether oxygens (including phenoxy) is 1. The van der Waals surface area contributed by atoms with E-state index in [1.54, 1.807) is 38.1 Å². The van der Waals surface area contributed by atoms with Crippen molar-refractivity contribution in [1.29, 1.82) is 0 Å². The van der Waals surface area contributed by atoms with Gasteiger partial charge in [0.2, 0.25) is 0 Å². The molecule has 2 heterocycles. The quantitative estimate of drug-likeness (QED) is 0.246. The number of esters is 1. The standard InChI is InChI=1S/C27H21N3O6S/c1-3-36-26(33)23-15(2)29-25(32)22(14-20-19-10-5-4-7-16(19)11-12-21(20)31)37-27(29)28-24(23)17-8-6-9-18(13-17)30(34)35/h4-14,24,31H,3H2,1-2H3/b22-14-/t24-/m0/s1. The third kappa shape index (κ3) is 4.21. The summed E-state index contributed by atoms with van der Waals surface area (Å²) in [6.45, 7) is 3.41. The third-order valence-electron chi connectivity index (χ3n) is 6.16. The molecular formula is C27H21N3O6S. The summed E-state index contributed by atoms with van der Waals surface area (Å²) in [6, 6.07) is 15.9. The number of benzene rings is 3. The number of nitro groups is 1. The first-order valence-electron chi connectivity index (χ1n) is 11.4. The van der Waals surface area contributed by atoms with Crippen LogP contribution >= 0.6 is 11.3 Å². The Balaban J connectivity index is 1.77. The highest BCUT2D eigenvalue weighted by atomic mass is 32.1. The van der Waals surface area contributed by atoms with E-state index in [4.69, 9.17) is 4.74 Å². The molecule has 9 nitrogen and oxygen atoms in total. The monoisotopic (exact) mass is 515 g/mol.